The van der Waals surface area contributed by atoms with Crippen molar-refractivity contribution in [3.8, 4) is 0 Å². The molecule has 0 aliphatic carbocycles. The summed E-state index contributed by atoms with van der Waals surface area (Å²) < 4.78 is 54.7. The molecule has 32 heavy (non-hydrogen) atoms. The van der Waals surface area contributed by atoms with Gasteiger partial charge in [-0.1, -0.05) is 36.4 Å². The Kier molecular flexibility index (Phi) is 5.94. The van der Waals surface area contributed by atoms with Crippen LogP contribution in [0.1, 0.15) is 34.7 Å². The Hall–Kier alpha value is -3.68. The molecule has 0 radical (unpaired) electrons. The zero-order valence-corrected chi connectivity index (χ0v) is 16.8. The number of pyridine rings is 1. The van der Waals surface area contributed by atoms with E-state index < -0.39 is 17.7 Å². The van der Waals surface area contributed by atoms with E-state index in [2.05, 4.69) is 10.3 Å². The van der Waals surface area contributed by atoms with Crippen LogP contribution >= 0.6 is 0 Å². The summed E-state index contributed by atoms with van der Waals surface area (Å²) in [5.74, 6) is -1.37. The molecule has 0 spiro atoms. The van der Waals surface area contributed by atoms with Gasteiger partial charge in [-0.15, -0.1) is 0 Å². The van der Waals surface area contributed by atoms with Gasteiger partial charge in [0.25, 0.3) is 0 Å². The van der Waals surface area contributed by atoms with Crippen LogP contribution in [0, 0.1) is 5.82 Å². The summed E-state index contributed by atoms with van der Waals surface area (Å²) in [6.45, 7) is 0.182. The first kappa shape index (κ1) is 21.5. The van der Waals surface area contributed by atoms with Crippen LogP contribution in [0.4, 0.5) is 17.6 Å². The first-order chi connectivity index (χ1) is 15.3. The molecule has 2 aromatic carbocycles. The molecule has 4 aromatic rings. The summed E-state index contributed by atoms with van der Waals surface area (Å²) in [5, 5.41) is 2.76. The average Bonchev–Trinajstić information content (AvgIpc) is 3.20. The van der Waals surface area contributed by atoms with Crippen LogP contribution in [0.5, 0.6) is 0 Å². The summed E-state index contributed by atoms with van der Waals surface area (Å²) in [4.78, 5) is 17.1. The second kappa shape index (κ2) is 8.82. The van der Waals surface area contributed by atoms with Crippen molar-refractivity contribution in [2.75, 3.05) is 0 Å². The van der Waals surface area contributed by atoms with Gasteiger partial charge in [0.1, 0.15) is 11.5 Å². The topological polar surface area (TPSA) is 46.4 Å². The smallest absolute Gasteiger partial charge is 0.352 e. The maximum absolute atomic E-state index is 13.3. The zero-order chi connectivity index (χ0) is 22.7. The predicted octanol–water partition coefficient (Wildman–Crippen LogP) is 5.33. The molecule has 1 N–H and O–H groups in total. The van der Waals surface area contributed by atoms with Crippen LogP contribution in [0.15, 0.2) is 79.1 Å². The Balaban J connectivity index is 1.63. The van der Waals surface area contributed by atoms with Gasteiger partial charge in [-0.25, -0.2) is 9.37 Å². The van der Waals surface area contributed by atoms with Crippen molar-refractivity contribution in [3.05, 3.63) is 107 Å². The Morgan fingerprint density at radius 1 is 1.03 bits per heavy atom. The SMILES string of the molecule is O=C(CC(c1cccc(C(F)(F)F)c1)c1cnc2ccccn12)NCc1ccc(F)cc1. The molecule has 0 saturated heterocycles. The summed E-state index contributed by atoms with van der Waals surface area (Å²) >= 11 is 0. The molecule has 2 heterocycles. The van der Waals surface area contributed by atoms with E-state index in [-0.39, 0.29) is 24.7 Å². The van der Waals surface area contributed by atoms with Gasteiger partial charge in [0.2, 0.25) is 5.91 Å². The van der Waals surface area contributed by atoms with E-state index in [0.717, 1.165) is 12.1 Å². The average molecular weight is 441 g/mol. The van der Waals surface area contributed by atoms with Crippen LogP contribution in [0.3, 0.4) is 0 Å². The highest BCUT2D eigenvalue weighted by Gasteiger charge is 2.32. The van der Waals surface area contributed by atoms with E-state index >= 15 is 0 Å². The minimum atomic E-state index is -4.50. The van der Waals surface area contributed by atoms with Crippen LogP contribution in [0.25, 0.3) is 5.65 Å². The molecule has 4 rings (SSSR count). The quantitative estimate of drug-likeness (QED) is 0.411. The van der Waals surface area contributed by atoms with E-state index in [9.17, 15) is 22.4 Å². The number of halogens is 4. The lowest BCUT2D eigenvalue weighted by Gasteiger charge is -2.19. The normalized spacial score (nSPS) is 12.6. The van der Waals surface area contributed by atoms with Gasteiger partial charge in [0.15, 0.2) is 0 Å². The van der Waals surface area contributed by atoms with E-state index in [1.54, 1.807) is 53.2 Å². The van der Waals surface area contributed by atoms with E-state index in [1.165, 1.54) is 18.2 Å². The molecule has 4 nitrogen and oxygen atoms in total. The van der Waals surface area contributed by atoms with Crippen LogP contribution < -0.4 is 5.32 Å². The van der Waals surface area contributed by atoms with E-state index in [1.807, 2.05) is 0 Å². The lowest BCUT2D eigenvalue weighted by molar-refractivity contribution is -0.137. The van der Waals surface area contributed by atoms with E-state index in [4.69, 9.17) is 0 Å². The number of amides is 1. The number of fused-ring (bicyclic) bond motifs is 1. The number of hydrogen-bond donors (Lipinski definition) is 1. The molecular weight excluding hydrogens is 422 g/mol. The third-order valence-electron chi connectivity index (χ3n) is 5.21. The zero-order valence-electron chi connectivity index (χ0n) is 16.8. The first-order valence-electron chi connectivity index (χ1n) is 9.91. The molecule has 164 valence electrons. The molecule has 0 bridgehead atoms. The molecular formula is C24H19F4N3O. The summed E-state index contributed by atoms with van der Waals surface area (Å²) in [5.41, 5.74) is 1.54. The van der Waals surface area contributed by atoms with Crippen LogP contribution in [0.2, 0.25) is 0 Å². The van der Waals surface area contributed by atoms with Gasteiger partial charge in [-0.05, 0) is 41.5 Å². The summed E-state index contributed by atoms with van der Waals surface area (Å²) in [7, 11) is 0. The van der Waals surface area contributed by atoms with Gasteiger partial charge in [0, 0.05) is 31.3 Å². The van der Waals surface area contributed by atoms with Crippen molar-refractivity contribution in [1.29, 1.82) is 0 Å². The number of imidazole rings is 1. The number of alkyl halides is 3. The van der Waals surface area contributed by atoms with Gasteiger partial charge in [-0.2, -0.15) is 13.2 Å². The van der Waals surface area contributed by atoms with Gasteiger partial charge in [-0.3, -0.25) is 4.79 Å². The van der Waals surface area contributed by atoms with Crippen molar-refractivity contribution >= 4 is 11.6 Å². The van der Waals surface area contributed by atoms with Crippen molar-refractivity contribution in [2.24, 2.45) is 0 Å². The number of carbonyl (C=O) groups excluding carboxylic acids is 1. The molecule has 0 aliphatic heterocycles. The highest BCUT2D eigenvalue weighted by molar-refractivity contribution is 5.77. The molecule has 1 atom stereocenters. The molecule has 0 fully saturated rings. The van der Waals surface area contributed by atoms with Crippen molar-refractivity contribution in [1.82, 2.24) is 14.7 Å². The lowest BCUT2D eigenvalue weighted by Crippen LogP contribution is -2.25. The molecule has 2 aromatic heterocycles. The molecule has 8 heteroatoms. The highest BCUT2D eigenvalue weighted by Crippen LogP contribution is 2.34. The molecule has 1 amide bonds. The first-order valence-corrected chi connectivity index (χ1v) is 9.91. The minimum absolute atomic E-state index is 0.0782. The van der Waals surface area contributed by atoms with Gasteiger partial charge >= 0.3 is 6.18 Å². The standard InChI is InChI=1S/C24H19F4N3O/c25-19-9-7-16(8-10-19)14-30-23(32)13-20(17-4-3-5-18(12-17)24(26,27)28)21-15-29-22-6-1-2-11-31(21)22/h1-12,15,20H,13-14H2,(H,30,32). The maximum Gasteiger partial charge on any atom is 0.416 e. The third kappa shape index (κ3) is 4.80. The Labute approximate surface area is 181 Å². The van der Waals surface area contributed by atoms with Gasteiger partial charge in [0.05, 0.1) is 11.3 Å². The van der Waals surface area contributed by atoms with Gasteiger partial charge < -0.3 is 9.72 Å². The fourth-order valence-electron chi connectivity index (χ4n) is 3.60. The monoisotopic (exact) mass is 441 g/mol. The summed E-state index contributed by atoms with van der Waals surface area (Å²) in [6.07, 6.45) is -1.24. The minimum Gasteiger partial charge on any atom is -0.352 e. The number of nitrogens with zero attached hydrogens (tertiary/aromatic N) is 2. The highest BCUT2D eigenvalue weighted by atomic mass is 19.4. The molecule has 0 aliphatic rings. The van der Waals surface area contributed by atoms with Crippen molar-refractivity contribution in [2.45, 2.75) is 25.1 Å². The number of aromatic nitrogens is 2. The third-order valence-corrected chi connectivity index (χ3v) is 5.21. The Bertz CT molecular complexity index is 1230. The number of carbonyl (C=O) groups is 1. The number of hydrogen-bond acceptors (Lipinski definition) is 2. The number of nitrogens with one attached hydrogen (secondary N) is 1. The second-order valence-corrected chi connectivity index (χ2v) is 7.40. The fraction of sp³-hybridized carbons (Fsp3) is 0.167. The van der Waals surface area contributed by atoms with Crippen LogP contribution in [-0.4, -0.2) is 15.3 Å². The van der Waals surface area contributed by atoms with E-state index in [0.29, 0.717) is 22.5 Å². The lowest BCUT2D eigenvalue weighted by atomic mass is 9.91. The largest absolute Gasteiger partial charge is 0.416 e. The maximum atomic E-state index is 13.3. The van der Waals surface area contributed by atoms with Crippen molar-refractivity contribution < 1.29 is 22.4 Å². The molecule has 0 saturated carbocycles. The second-order valence-electron chi connectivity index (χ2n) is 7.40. The molecule has 1 unspecified atom stereocenters. The number of rotatable bonds is 6. The summed E-state index contributed by atoms with van der Waals surface area (Å²) in [6, 6.07) is 16.1. The predicted molar refractivity (Wildman–Crippen MR) is 111 cm³/mol. The Morgan fingerprint density at radius 3 is 2.56 bits per heavy atom. The number of benzene rings is 2. The Morgan fingerprint density at radius 2 is 1.81 bits per heavy atom. The van der Waals surface area contributed by atoms with Crippen molar-refractivity contribution in [3.63, 3.8) is 0 Å². The van der Waals surface area contributed by atoms with Crippen LogP contribution in [-0.2, 0) is 17.5 Å². The fourth-order valence-corrected chi connectivity index (χ4v) is 3.60.